The molecule has 0 saturated carbocycles. The van der Waals surface area contributed by atoms with Crippen LogP contribution in [0.25, 0.3) is 0 Å². The fraction of sp³-hybridized carbons (Fsp3) is 1.00. The van der Waals surface area contributed by atoms with Gasteiger partial charge in [-0.25, -0.2) is 0 Å². The van der Waals surface area contributed by atoms with Gasteiger partial charge in [0.1, 0.15) is 0 Å². The molecular weight excluding hydrogens is 154 g/mol. The second-order valence-corrected chi connectivity index (χ2v) is 3.66. The summed E-state index contributed by atoms with van der Waals surface area (Å²) >= 11 is 0. The van der Waals surface area contributed by atoms with Crippen molar-refractivity contribution in [2.24, 2.45) is 0 Å². The molecule has 1 heterocycles. The van der Waals surface area contributed by atoms with Crippen LogP contribution in [0, 0.1) is 0 Å². The molecule has 72 valence electrons. The Morgan fingerprint density at radius 1 is 1.58 bits per heavy atom. The summed E-state index contributed by atoms with van der Waals surface area (Å²) in [6.07, 6.45) is 0.0512. The highest BCUT2D eigenvalue weighted by atomic mass is 16.5. The van der Waals surface area contributed by atoms with Gasteiger partial charge in [-0.2, -0.15) is 0 Å². The molecule has 1 saturated heterocycles. The van der Waals surface area contributed by atoms with E-state index in [4.69, 9.17) is 4.74 Å². The maximum atomic E-state index is 9.23. The van der Waals surface area contributed by atoms with Crippen LogP contribution in [0.4, 0.5) is 0 Å². The Hall–Kier alpha value is -0.120. The van der Waals surface area contributed by atoms with E-state index >= 15 is 0 Å². The largest absolute Gasteiger partial charge is 0.392 e. The molecule has 1 fully saturated rings. The first-order valence-corrected chi connectivity index (χ1v) is 4.65. The van der Waals surface area contributed by atoms with E-state index in [9.17, 15) is 5.11 Å². The number of hydrogen-bond donors (Lipinski definition) is 1. The summed E-state index contributed by atoms with van der Waals surface area (Å²) < 4.78 is 5.48. The predicted octanol–water partition coefficient (Wildman–Crippen LogP) is 0.476. The Kier molecular flexibility index (Phi) is 3.50. The quantitative estimate of drug-likeness (QED) is 0.659. The van der Waals surface area contributed by atoms with Gasteiger partial charge in [-0.15, -0.1) is 0 Å². The van der Waals surface area contributed by atoms with Gasteiger partial charge in [0.15, 0.2) is 0 Å². The fourth-order valence-corrected chi connectivity index (χ4v) is 1.59. The first kappa shape index (κ1) is 9.96. The number of aliphatic hydroxyl groups is 1. The molecule has 0 spiro atoms. The summed E-state index contributed by atoms with van der Waals surface area (Å²) in [6.45, 7) is 8.54. The zero-order chi connectivity index (χ0) is 9.14. The number of β-amino-alcohol motifs (C(OH)–C–C–N with tert-alkyl or cyclic N) is 1. The van der Waals surface area contributed by atoms with Gasteiger partial charge < -0.3 is 9.84 Å². The molecule has 0 radical (unpaired) electrons. The Balaban J connectivity index is 2.41. The van der Waals surface area contributed by atoms with Crippen molar-refractivity contribution < 1.29 is 9.84 Å². The van der Waals surface area contributed by atoms with E-state index in [1.807, 2.05) is 6.92 Å². The van der Waals surface area contributed by atoms with Crippen molar-refractivity contribution in [2.45, 2.75) is 39.0 Å². The van der Waals surface area contributed by atoms with Crippen LogP contribution >= 0.6 is 0 Å². The molecule has 1 N–H and O–H groups in total. The molecule has 12 heavy (non-hydrogen) atoms. The highest BCUT2D eigenvalue weighted by Crippen LogP contribution is 2.13. The maximum Gasteiger partial charge on any atom is 0.0700 e. The lowest BCUT2D eigenvalue weighted by molar-refractivity contribution is -0.0653. The van der Waals surface area contributed by atoms with Crippen molar-refractivity contribution >= 4 is 0 Å². The van der Waals surface area contributed by atoms with Crippen LogP contribution in [0.1, 0.15) is 20.8 Å². The molecule has 0 bridgehead atoms. The molecule has 0 aromatic carbocycles. The minimum Gasteiger partial charge on any atom is -0.392 e. The second-order valence-electron chi connectivity index (χ2n) is 3.66. The number of aliphatic hydroxyl groups excluding tert-OH is 1. The van der Waals surface area contributed by atoms with Gasteiger partial charge in [0.05, 0.1) is 18.8 Å². The SMILES string of the molecule is CC1OCCN(C[C@@H](C)O)C1C. The summed E-state index contributed by atoms with van der Waals surface area (Å²) in [6, 6.07) is 0.424. The number of ether oxygens (including phenoxy) is 1. The van der Waals surface area contributed by atoms with Crippen molar-refractivity contribution in [1.29, 1.82) is 0 Å². The smallest absolute Gasteiger partial charge is 0.0700 e. The molecule has 0 aromatic rings. The van der Waals surface area contributed by atoms with E-state index in [1.54, 1.807) is 0 Å². The van der Waals surface area contributed by atoms with Crippen LogP contribution in [-0.2, 0) is 4.74 Å². The number of morpholine rings is 1. The molecule has 0 aromatic heterocycles. The normalized spacial score (nSPS) is 35.0. The van der Waals surface area contributed by atoms with Crippen LogP contribution in [0.2, 0.25) is 0 Å². The van der Waals surface area contributed by atoms with Crippen molar-refractivity contribution in [3.8, 4) is 0 Å². The fourth-order valence-electron chi connectivity index (χ4n) is 1.59. The van der Waals surface area contributed by atoms with Crippen molar-refractivity contribution in [3.63, 3.8) is 0 Å². The third-order valence-corrected chi connectivity index (χ3v) is 2.51. The van der Waals surface area contributed by atoms with Gasteiger partial charge in [0.2, 0.25) is 0 Å². The van der Waals surface area contributed by atoms with Crippen LogP contribution in [-0.4, -0.2) is 48.0 Å². The Morgan fingerprint density at radius 2 is 2.25 bits per heavy atom. The van der Waals surface area contributed by atoms with Gasteiger partial charge >= 0.3 is 0 Å². The van der Waals surface area contributed by atoms with Crippen molar-refractivity contribution in [3.05, 3.63) is 0 Å². The summed E-state index contributed by atoms with van der Waals surface area (Å²) in [5.74, 6) is 0. The second kappa shape index (κ2) is 4.21. The van der Waals surface area contributed by atoms with Gasteiger partial charge in [0.25, 0.3) is 0 Å². The zero-order valence-electron chi connectivity index (χ0n) is 8.16. The van der Waals surface area contributed by atoms with E-state index in [0.29, 0.717) is 6.04 Å². The molecule has 0 amide bonds. The van der Waals surface area contributed by atoms with Gasteiger partial charge in [-0.05, 0) is 20.8 Å². The van der Waals surface area contributed by atoms with Crippen molar-refractivity contribution in [1.82, 2.24) is 4.90 Å². The third kappa shape index (κ3) is 2.44. The average Bonchev–Trinajstić information content (AvgIpc) is 1.98. The minimum atomic E-state index is -0.238. The number of nitrogens with zero attached hydrogens (tertiary/aromatic N) is 1. The first-order valence-electron chi connectivity index (χ1n) is 4.65. The Bertz CT molecular complexity index is 138. The summed E-state index contributed by atoms with van der Waals surface area (Å²) in [4.78, 5) is 2.28. The average molecular weight is 173 g/mol. The monoisotopic (exact) mass is 173 g/mol. The highest BCUT2D eigenvalue weighted by molar-refractivity contribution is 4.78. The molecule has 1 rings (SSSR count). The summed E-state index contributed by atoms with van der Waals surface area (Å²) in [5, 5.41) is 9.23. The van der Waals surface area contributed by atoms with Crippen LogP contribution in [0.5, 0.6) is 0 Å². The summed E-state index contributed by atoms with van der Waals surface area (Å²) in [5.41, 5.74) is 0. The van der Waals surface area contributed by atoms with Gasteiger partial charge in [-0.3, -0.25) is 4.90 Å². The van der Waals surface area contributed by atoms with E-state index < -0.39 is 0 Å². The van der Waals surface area contributed by atoms with Crippen LogP contribution in [0.3, 0.4) is 0 Å². The molecule has 3 nitrogen and oxygen atoms in total. The lowest BCUT2D eigenvalue weighted by Gasteiger charge is -2.38. The van der Waals surface area contributed by atoms with Crippen LogP contribution < -0.4 is 0 Å². The van der Waals surface area contributed by atoms with Gasteiger partial charge in [-0.1, -0.05) is 0 Å². The van der Waals surface area contributed by atoms with Gasteiger partial charge in [0, 0.05) is 19.1 Å². The minimum absolute atomic E-state index is 0.238. The summed E-state index contributed by atoms with van der Waals surface area (Å²) in [7, 11) is 0. The lowest BCUT2D eigenvalue weighted by Crippen LogP contribution is -2.50. The lowest BCUT2D eigenvalue weighted by atomic mass is 10.1. The van der Waals surface area contributed by atoms with Crippen LogP contribution in [0.15, 0.2) is 0 Å². The number of hydrogen-bond acceptors (Lipinski definition) is 3. The predicted molar refractivity (Wildman–Crippen MR) is 48.1 cm³/mol. The topological polar surface area (TPSA) is 32.7 Å². The van der Waals surface area contributed by atoms with E-state index in [0.717, 1.165) is 19.7 Å². The molecule has 1 aliphatic rings. The first-order chi connectivity index (χ1) is 5.61. The van der Waals surface area contributed by atoms with E-state index in [2.05, 4.69) is 18.7 Å². The molecule has 3 heteroatoms. The highest BCUT2D eigenvalue weighted by Gasteiger charge is 2.25. The molecule has 0 aliphatic carbocycles. The van der Waals surface area contributed by atoms with Crippen molar-refractivity contribution in [2.75, 3.05) is 19.7 Å². The molecular formula is C9H19NO2. The zero-order valence-corrected chi connectivity index (χ0v) is 8.16. The molecule has 3 atom stereocenters. The Labute approximate surface area is 74.3 Å². The number of rotatable bonds is 2. The standard InChI is InChI=1S/C9H19NO2/c1-7(11)6-10-4-5-12-9(3)8(10)2/h7-9,11H,4-6H2,1-3H3/t7-,8?,9?/m1/s1. The molecule has 2 unspecified atom stereocenters. The third-order valence-electron chi connectivity index (χ3n) is 2.51. The Morgan fingerprint density at radius 3 is 2.83 bits per heavy atom. The van der Waals surface area contributed by atoms with E-state index in [-0.39, 0.29) is 12.2 Å². The maximum absolute atomic E-state index is 9.23. The molecule has 1 aliphatic heterocycles. The van der Waals surface area contributed by atoms with E-state index in [1.165, 1.54) is 0 Å².